The molecule has 6 heteroatoms. The minimum atomic E-state index is -0.476. The third-order valence-corrected chi connectivity index (χ3v) is 4.18. The summed E-state index contributed by atoms with van der Waals surface area (Å²) in [6.45, 7) is 3.68. The number of amides is 1. The zero-order valence-electron chi connectivity index (χ0n) is 13.0. The molecule has 0 aliphatic carbocycles. The average Bonchev–Trinajstić information content (AvgIpc) is 2.46. The van der Waals surface area contributed by atoms with E-state index in [-0.39, 0.29) is 23.3 Å². The van der Waals surface area contributed by atoms with E-state index in [0.717, 1.165) is 25.9 Å². The lowest BCUT2D eigenvalue weighted by molar-refractivity contribution is -0.383. The number of hydrogen-bond donors (Lipinski definition) is 1. The summed E-state index contributed by atoms with van der Waals surface area (Å²) in [5, 5.41) is 13.7. The molecule has 1 fully saturated rings. The third-order valence-electron chi connectivity index (χ3n) is 4.18. The summed E-state index contributed by atoms with van der Waals surface area (Å²) in [5.41, 5.74) is 0.187. The van der Waals surface area contributed by atoms with Crippen molar-refractivity contribution in [2.45, 2.75) is 45.1 Å². The van der Waals surface area contributed by atoms with Gasteiger partial charge in [-0.1, -0.05) is 31.4 Å². The zero-order valence-corrected chi connectivity index (χ0v) is 13.0. The summed E-state index contributed by atoms with van der Waals surface area (Å²) in [5.74, 6) is -0.185. The Morgan fingerprint density at radius 2 is 1.77 bits per heavy atom. The molecule has 1 atom stereocenters. The number of benzene rings is 1. The molecule has 1 unspecified atom stereocenters. The van der Waals surface area contributed by atoms with Crippen LogP contribution in [0, 0.1) is 10.1 Å². The molecular weight excluding hydrogens is 282 g/mol. The van der Waals surface area contributed by atoms with Crippen molar-refractivity contribution in [2.24, 2.45) is 0 Å². The number of nitro groups is 1. The van der Waals surface area contributed by atoms with Gasteiger partial charge in [-0.05, 0) is 38.9 Å². The fourth-order valence-corrected chi connectivity index (χ4v) is 2.80. The quantitative estimate of drug-likeness (QED) is 0.684. The van der Waals surface area contributed by atoms with Gasteiger partial charge in [-0.15, -0.1) is 0 Å². The first-order valence-corrected chi connectivity index (χ1v) is 7.88. The van der Waals surface area contributed by atoms with Crippen LogP contribution >= 0.6 is 0 Å². The van der Waals surface area contributed by atoms with Crippen LogP contribution in [0.2, 0.25) is 0 Å². The SMILES string of the molecule is CC(C(=O)Nc1ccccc1[N+](=O)[O-])N1CCCCCCC1. The molecule has 1 amide bonds. The largest absolute Gasteiger partial charge is 0.319 e. The van der Waals surface area contributed by atoms with Gasteiger partial charge in [0.25, 0.3) is 5.69 Å². The third kappa shape index (κ3) is 4.27. The first-order chi connectivity index (χ1) is 10.6. The lowest BCUT2D eigenvalue weighted by atomic mass is 10.1. The van der Waals surface area contributed by atoms with Gasteiger partial charge in [-0.25, -0.2) is 0 Å². The second-order valence-electron chi connectivity index (χ2n) is 5.74. The summed E-state index contributed by atoms with van der Waals surface area (Å²) in [6.07, 6.45) is 5.88. The molecule has 0 aromatic heterocycles. The maximum absolute atomic E-state index is 12.4. The minimum absolute atomic E-state index is 0.0734. The van der Waals surface area contributed by atoms with Crippen molar-refractivity contribution in [3.05, 3.63) is 34.4 Å². The van der Waals surface area contributed by atoms with E-state index in [1.165, 1.54) is 25.3 Å². The van der Waals surface area contributed by atoms with E-state index in [4.69, 9.17) is 0 Å². The molecule has 0 spiro atoms. The predicted molar refractivity (Wildman–Crippen MR) is 85.8 cm³/mol. The Morgan fingerprint density at radius 1 is 1.18 bits per heavy atom. The molecule has 1 aliphatic heterocycles. The normalized spacial score (nSPS) is 18.0. The van der Waals surface area contributed by atoms with Gasteiger partial charge < -0.3 is 5.32 Å². The number of rotatable bonds is 4. The van der Waals surface area contributed by atoms with Crippen LogP contribution in [-0.2, 0) is 4.79 Å². The molecule has 1 heterocycles. The molecule has 6 nitrogen and oxygen atoms in total. The lowest BCUT2D eigenvalue weighted by Gasteiger charge is -2.29. The van der Waals surface area contributed by atoms with Crippen molar-refractivity contribution >= 4 is 17.3 Å². The average molecular weight is 305 g/mol. The molecule has 0 radical (unpaired) electrons. The second-order valence-corrected chi connectivity index (χ2v) is 5.74. The van der Waals surface area contributed by atoms with Crippen LogP contribution in [0.25, 0.3) is 0 Å². The minimum Gasteiger partial charge on any atom is -0.319 e. The van der Waals surface area contributed by atoms with Gasteiger partial charge in [0.15, 0.2) is 0 Å². The Morgan fingerprint density at radius 3 is 2.41 bits per heavy atom. The number of nitro benzene ring substituents is 1. The van der Waals surface area contributed by atoms with Gasteiger partial charge in [0.2, 0.25) is 5.91 Å². The summed E-state index contributed by atoms with van der Waals surface area (Å²) in [7, 11) is 0. The number of nitrogens with one attached hydrogen (secondary N) is 1. The van der Waals surface area contributed by atoms with E-state index in [2.05, 4.69) is 10.2 Å². The van der Waals surface area contributed by atoms with Crippen LogP contribution in [0.15, 0.2) is 24.3 Å². The Hall–Kier alpha value is -1.95. The van der Waals surface area contributed by atoms with E-state index >= 15 is 0 Å². The Bertz CT molecular complexity index is 525. The highest BCUT2D eigenvalue weighted by molar-refractivity contribution is 5.96. The van der Waals surface area contributed by atoms with Crippen molar-refractivity contribution in [3.63, 3.8) is 0 Å². The van der Waals surface area contributed by atoms with Gasteiger partial charge in [-0.2, -0.15) is 0 Å². The summed E-state index contributed by atoms with van der Waals surface area (Å²) >= 11 is 0. The standard InChI is InChI=1S/C16H23N3O3/c1-13(18-11-7-3-2-4-8-12-18)16(20)17-14-9-5-6-10-15(14)19(21)22/h5-6,9-10,13H,2-4,7-8,11-12H2,1H3,(H,17,20). The van der Waals surface area contributed by atoms with Crippen LogP contribution in [0.4, 0.5) is 11.4 Å². The first kappa shape index (κ1) is 16.4. The molecule has 1 saturated heterocycles. The van der Waals surface area contributed by atoms with Crippen molar-refractivity contribution < 1.29 is 9.72 Å². The van der Waals surface area contributed by atoms with Crippen LogP contribution < -0.4 is 5.32 Å². The molecule has 0 bridgehead atoms. The number of nitrogens with zero attached hydrogens (tertiary/aromatic N) is 2. The van der Waals surface area contributed by atoms with E-state index in [1.807, 2.05) is 6.92 Å². The molecule has 1 aliphatic rings. The maximum Gasteiger partial charge on any atom is 0.292 e. The molecular formula is C16H23N3O3. The summed E-state index contributed by atoms with van der Waals surface area (Å²) < 4.78 is 0. The van der Waals surface area contributed by atoms with Gasteiger partial charge in [0.1, 0.15) is 5.69 Å². The van der Waals surface area contributed by atoms with Crippen molar-refractivity contribution in [1.29, 1.82) is 0 Å². The first-order valence-electron chi connectivity index (χ1n) is 7.88. The highest BCUT2D eigenvalue weighted by atomic mass is 16.6. The highest BCUT2D eigenvalue weighted by Crippen LogP contribution is 2.23. The molecule has 22 heavy (non-hydrogen) atoms. The Balaban J connectivity index is 2.03. The van der Waals surface area contributed by atoms with E-state index in [0.29, 0.717) is 0 Å². The number of para-hydroxylation sites is 2. The van der Waals surface area contributed by atoms with Gasteiger partial charge in [-0.3, -0.25) is 19.8 Å². The number of carbonyl (C=O) groups excluding carboxylic acids is 1. The lowest BCUT2D eigenvalue weighted by Crippen LogP contribution is -2.43. The van der Waals surface area contributed by atoms with E-state index in [9.17, 15) is 14.9 Å². The molecule has 0 saturated carbocycles. The van der Waals surface area contributed by atoms with E-state index < -0.39 is 4.92 Å². The fourth-order valence-electron chi connectivity index (χ4n) is 2.80. The zero-order chi connectivity index (χ0) is 15.9. The number of hydrogen-bond acceptors (Lipinski definition) is 4. The van der Waals surface area contributed by atoms with Crippen LogP contribution in [0.1, 0.15) is 39.0 Å². The fraction of sp³-hybridized carbons (Fsp3) is 0.562. The summed E-state index contributed by atoms with van der Waals surface area (Å²) in [4.78, 5) is 25.1. The maximum atomic E-state index is 12.4. The Labute approximate surface area is 130 Å². The topological polar surface area (TPSA) is 75.5 Å². The molecule has 2 rings (SSSR count). The molecule has 1 aromatic rings. The smallest absolute Gasteiger partial charge is 0.292 e. The van der Waals surface area contributed by atoms with Crippen molar-refractivity contribution in [1.82, 2.24) is 4.90 Å². The number of likely N-dealkylation sites (tertiary alicyclic amines) is 1. The monoisotopic (exact) mass is 305 g/mol. The number of carbonyl (C=O) groups is 1. The Kier molecular flexibility index (Phi) is 5.89. The molecule has 120 valence electrons. The summed E-state index contributed by atoms with van der Waals surface area (Å²) in [6, 6.07) is 5.96. The predicted octanol–water partition coefficient (Wildman–Crippen LogP) is 3.19. The number of anilines is 1. The van der Waals surface area contributed by atoms with Crippen LogP contribution in [0.5, 0.6) is 0 Å². The van der Waals surface area contributed by atoms with Crippen LogP contribution in [0.3, 0.4) is 0 Å². The van der Waals surface area contributed by atoms with Crippen molar-refractivity contribution in [2.75, 3.05) is 18.4 Å². The second kappa shape index (κ2) is 7.89. The molecule has 1 aromatic carbocycles. The highest BCUT2D eigenvalue weighted by Gasteiger charge is 2.23. The van der Waals surface area contributed by atoms with Crippen LogP contribution in [-0.4, -0.2) is 34.9 Å². The van der Waals surface area contributed by atoms with Gasteiger partial charge in [0, 0.05) is 6.07 Å². The van der Waals surface area contributed by atoms with E-state index in [1.54, 1.807) is 18.2 Å². The van der Waals surface area contributed by atoms with Crippen molar-refractivity contribution in [3.8, 4) is 0 Å². The molecule has 1 N–H and O–H groups in total. The van der Waals surface area contributed by atoms with Gasteiger partial charge >= 0.3 is 0 Å². The van der Waals surface area contributed by atoms with Gasteiger partial charge in [0.05, 0.1) is 11.0 Å².